The van der Waals surface area contributed by atoms with Crippen LogP contribution < -0.4 is 10.5 Å². The van der Waals surface area contributed by atoms with Gasteiger partial charge in [-0.2, -0.15) is 0 Å². The average molecular weight is 283 g/mol. The normalized spacial score (nSPS) is 16.5. The molecule has 0 aromatic heterocycles. The Bertz CT molecular complexity index is 392. The zero-order chi connectivity index (χ0) is 13.5. The topological polar surface area (TPSA) is 38.5 Å². The highest BCUT2D eigenvalue weighted by Crippen LogP contribution is 2.26. The second kappa shape index (κ2) is 7.73. The molecule has 3 nitrogen and oxygen atoms in total. The van der Waals surface area contributed by atoms with E-state index in [1.165, 1.54) is 32.4 Å². The molecule has 0 bridgehead atoms. The van der Waals surface area contributed by atoms with Crippen molar-refractivity contribution in [3.05, 3.63) is 28.8 Å². The first-order valence-corrected chi connectivity index (χ1v) is 7.51. The molecule has 4 heteroatoms. The monoisotopic (exact) mass is 282 g/mol. The van der Waals surface area contributed by atoms with Crippen molar-refractivity contribution in [3.8, 4) is 5.75 Å². The number of halogens is 1. The summed E-state index contributed by atoms with van der Waals surface area (Å²) in [5.41, 5.74) is 6.65. The summed E-state index contributed by atoms with van der Waals surface area (Å²) in [4.78, 5) is 2.47. The van der Waals surface area contributed by atoms with Crippen LogP contribution in [0.2, 0.25) is 5.02 Å². The van der Waals surface area contributed by atoms with Gasteiger partial charge in [0.25, 0.3) is 0 Å². The fourth-order valence-electron chi connectivity index (χ4n) is 2.53. The molecule has 1 aromatic rings. The van der Waals surface area contributed by atoms with E-state index >= 15 is 0 Å². The van der Waals surface area contributed by atoms with Crippen LogP contribution in [0.3, 0.4) is 0 Å². The lowest BCUT2D eigenvalue weighted by Crippen LogP contribution is -2.33. The van der Waals surface area contributed by atoms with Crippen molar-refractivity contribution in [1.29, 1.82) is 0 Å². The van der Waals surface area contributed by atoms with Crippen LogP contribution in [0.5, 0.6) is 5.75 Å². The standard InChI is InChI=1S/C15H23ClN2O/c16-14-5-4-6-15(13(14)7-8-17)19-12-11-18-9-2-1-3-10-18/h4-6H,1-3,7-12,17H2. The number of hydrogen-bond acceptors (Lipinski definition) is 3. The maximum Gasteiger partial charge on any atom is 0.124 e. The number of rotatable bonds is 6. The molecule has 1 fully saturated rings. The van der Waals surface area contributed by atoms with Crippen LogP contribution >= 0.6 is 11.6 Å². The maximum absolute atomic E-state index is 6.19. The zero-order valence-corrected chi connectivity index (χ0v) is 12.2. The molecule has 0 saturated carbocycles. The van der Waals surface area contributed by atoms with Gasteiger partial charge in [-0.15, -0.1) is 0 Å². The molecular formula is C15H23ClN2O. The molecule has 1 aliphatic rings. The van der Waals surface area contributed by atoms with E-state index in [4.69, 9.17) is 22.1 Å². The third-order valence-electron chi connectivity index (χ3n) is 3.58. The Hall–Kier alpha value is -0.770. The van der Waals surface area contributed by atoms with Gasteiger partial charge in [0.15, 0.2) is 0 Å². The van der Waals surface area contributed by atoms with E-state index in [9.17, 15) is 0 Å². The van der Waals surface area contributed by atoms with Crippen LogP contribution in [0.4, 0.5) is 0 Å². The van der Waals surface area contributed by atoms with Crippen molar-refractivity contribution in [2.75, 3.05) is 32.8 Å². The summed E-state index contributed by atoms with van der Waals surface area (Å²) < 4.78 is 5.89. The highest BCUT2D eigenvalue weighted by atomic mass is 35.5. The Labute approximate surface area is 120 Å². The van der Waals surface area contributed by atoms with Gasteiger partial charge in [0, 0.05) is 17.1 Å². The van der Waals surface area contributed by atoms with Gasteiger partial charge >= 0.3 is 0 Å². The summed E-state index contributed by atoms with van der Waals surface area (Å²) in [5, 5.41) is 0.751. The molecule has 0 spiro atoms. The molecule has 2 N–H and O–H groups in total. The summed E-state index contributed by atoms with van der Waals surface area (Å²) >= 11 is 6.19. The van der Waals surface area contributed by atoms with Crippen LogP contribution in [0.1, 0.15) is 24.8 Å². The molecule has 106 valence electrons. The number of piperidine rings is 1. The van der Waals surface area contributed by atoms with E-state index in [0.29, 0.717) is 6.54 Å². The second-order valence-electron chi connectivity index (χ2n) is 5.01. The minimum Gasteiger partial charge on any atom is -0.492 e. The first kappa shape index (κ1) is 14.6. The molecule has 0 atom stereocenters. The lowest BCUT2D eigenvalue weighted by molar-refractivity contribution is 0.183. The summed E-state index contributed by atoms with van der Waals surface area (Å²) in [6.45, 7) is 4.71. The Morgan fingerprint density at radius 2 is 2.00 bits per heavy atom. The van der Waals surface area contributed by atoms with Crippen molar-refractivity contribution >= 4 is 11.6 Å². The van der Waals surface area contributed by atoms with Crippen molar-refractivity contribution in [2.45, 2.75) is 25.7 Å². The highest BCUT2D eigenvalue weighted by Gasteiger charge is 2.11. The molecule has 1 heterocycles. The molecule has 1 aromatic carbocycles. The van der Waals surface area contributed by atoms with Gasteiger partial charge in [-0.1, -0.05) is 24.1 Å². The molecule has 0 aliphatic carbocycles. The average Bonchev–Trinajstić information content (AvgIpc) is 2.44. The number of likely N-dealkylation sites (tertiary alicyclic amines) is 1. The molecule has 0 unspecified atom stereocenters. The van der Waals surface area contributed by atoms with E-state index in [1.807, 2.05) is 18.2 Å². The largest absolute Gasteiger partial charge is 0.492 e. The van der Waals surface area contributed by atoms with Gasteiger partial charge in [0.05, 0.1) is 0 Å². The van der Waals surface area contributed by atoms with Gasteiger partial charge in [0.1, 0.15) is 12.4 Å². The molecule has 1 saturated heterocycles. The van der Waals surface area contributed by atoms with E-state index in [-0.39, 0.29) is 0 Å². The summed E-state index contributed by atoms with van der Waals surface area (Å²) in [7, 11) is 0. The Morgan fingerprint density at radius 3 is 2.74 bits per heavy atom. The third-order valence-corrected chi connectivity index (χ3v) is 3.94. The van der Waals surface area contributed by atoms with Crippen LogP contribution in [-0.4, -0.2) is 37.7 Å². The number of ether oxygens (including phenoxy) is 1. The smallest absolute Gasteiger partial charge is 0.124 e. The highest BCUT2D eigenvalue weighted by molar-refractivity contribution is 6.31. The Kier molecular flexibility index (Phi) is 5.95. The number of benzene rings is 1. The van der Waals surface area contributed by atoms with Gasteiger partial charge in [-0.05, 0) is 51.0 Å². The van der Waals surface area contributed by atoms with Gasteiger partial charge < -0.3 is 10.5 Å². The fraction of sp³-hybridized carbons (Fsp3) is 0.600. The Morgan fingerprint density at radius 1 is 1.21 bits per heavy atom. The van der Waals surface area contributed by atoms with Crippen molar-refractivity contribution in [3.63, 3.8) is 0 Å². The molecule has 19 heavy (non-hydrogen) atoms. The molecular weight excluding hydrogens is 260 g/mol. The summed E-state index contributed by atoms with van der Waals surface area (Å²) in [6.07, 6.45) is 4.76. The fourth-order valence-corrected chi connectivity index (χ4v) is 2.79. The molecule has 0 amide bonds. The minimum atomic E-state index is 0.590. The van der Waals surface area contributed by atoms with Crippen molar-refractivity contribution in [1.82, 2.24) is 4.90 Å². The van der Waals surface area contributed by atoms with E-state index in [2.05, 4.69) is 4.90 Å². The molecule has 0 radical (unpaired) electrons. The van der Waals surface area contributed by atoms with Gasteiger partial charge in [0.2, 0.25) is 0 Å². The summed E-state index contributed by atoms with van der Waals surface area (Å²) in [5.74, 6) is 0.884. The van der Waals surface area contributed by atoms with Crippen molar-refractivity contribution < 1.29 is 4.74 Å². The SMILES string of the molecule is NCCc1c(Cl)cccc1OCCN1CCCCC1. The number of nitrogens with two attached hydrogens (primary N) is 1. The van der Waals surface area contributed by atoms with Crippen LogP contribution in [0, 0.1) is 0 Å². The van der Waals surface area contributed by atoms with E-state index < -0.39 is 0 Å². The zero-order valence-electron chi connectivity index (χ0n) is 11.4. The summed E-state index contributed by atoms with van der Waals surface area (Å²) in [6, 6.07) is 5.80. The molecule has 1 aliphatic heterocycles. The van der Waals surface area contributed by atoms with E-state index in [1.54, 1.807) is 0 Å². The van der Waals surface area contributed by atoms with E-state index in [0.717, 1.165) is 35.9 Å². The predicted molar refractivity (Wildman–Crippen MR) is 80.0 cm³/mol. The second-order valence-corrected chi connectivity index (χ2v) is 5.41. The molecule has 2 rings (SSSR count). The van der Waals surface area contributed by atoms with Gasteiger partial charge in [-0.3, -0.25) is 4.90 Å². The van der Waals surface area contributed by atoms with Crippen molar-refractivity contribution in [2.24, 2.45) is 5.73 Å². The number of nitrogens with zero attached hydrogens (tertiary/aromatic N) is 1. The predicted octanol–water partition coefficient (Wildman–Crippen LogP) is 2.71. The first-order valence-electron chi connectivity index (χ1n) is 7.14. The quantitative estimate of drug-likeness (QED) is 0.872. The van der Waals surface area contributed by atoms with Crippen LogP contribution in [0.15, 0.2) is 18.2 Å². The minimum absolute atomic E-state index is 0.590. The number of hydrogen-bond donors (Lipinski definition) is 1. The lowest BCUT2D eigenvalue weighted by Gasteiger charge is -2.26. The first-order chi connectivity index (χ1) is 9.31. The third kappa shape index (κ3) is 4.37. The van der Waals surface area contributed by atoms with Crippen LogP contribution in [-0.2, 0) is 6.42 Å². The van der Waals surface area contributed by atoms with Crippen LogP contribution in [0.25, 0.3) is 0 Å². The van der Waals surface area contributed by atoms with Gasteiger partial charge in [-0.25, -0.2) is 0 Å². The Balaban J connectivity index is 1.86. The maximum atomic E-state index is 6.19. The lowest BCUT2D eigenvalue weighted by atomic mass is 10.1.